The number of hydrogen-bond acceptors (Lipinski definition) is 5. The molecule has 0 aromatic carbocycles. The lowest BCUT2D eigenvalue weighted by Crippen LogP contribution is -2.21. The van der Waals surface area contributed by atoms with Crippen molar-refractivity contribution in [2.75, 3.05) is 18.9 Å². The van der Waals surface area contributed by atoms with E-state index in [1.807, 2.05) is 6.07 Å². The van der Waals surface area contributed by atoms with Crippen molar-refractivity contribution in [1.82, 2.24) is 14.9 Å². The molecule has 0 spiro atoms. The normalized spacial score (nSPS) is 15.0. The van der Waals surface area contributed by atoms with Crippen LogP contribution in [-0.2, 0) is 0 Å². The summed E-state index contributed by atoms with van der Waals surface area (Å²) in [5.74, 6) is 0.545. The minimum absolute atomic E-state index is 0.336. The van der Waals surface area contributed by atoms with Gasteiger partial charge < -0.3 is 15.3 Å². The van der Waals surface area contributed by atoms with Gasteiger partial charge in [0.2, 0.25) is 5.95 Å². The van der Waals surface area contributed by atoms with E-state index in [-0.39, 0.29) is 0 Å². The van der Waals surface area contributed by atoms with Gasteiger partial charge in [0.05, 0.1) is 11.8 Å². The molecule has 0 saturated carbocycles. The van der Waals surface area contributed by atoms with E-state index in [1.165, 1.54) is 0 Å². The molecule has 0 saturated heterocycles. The van der Waals surface area contributed by atoms with Crippen LogP contribution < -0.4 is 5.32 Å². The van der Waals surface area contributed by atoms with Crippen molar-refractivity contribution in [3.05, 3.63) is 24.2 Å². The standard InChI is InChI=1S/C15H25IN4O/c1-10(2)20(5)9-13(12(4)16)14-6-7-17-15(19-14)18-8-11(3)21/h6-7,9-12,21H,8H2,1-5H3,(H,17,18,19)/b13-9+/t11-,12?/m0/s1. The number of anilines is 1. The predicted octanol–water partition coefficient (Wildman–Crippen LogP) is 2.77. The van der Waals surface area contributed by atoms with Gasteiger partial charge in [-0.3, -0.25) is 0 Å². The van der Waals surface area contributed by atoms with Gasteiger partial charge in [-0.1, -0.05) is 22.6 Å². The van der Waals surface area contributed by atoms with Crippen LogP contribution in [0, 0.1) is 0 Å². The number of halogens is 1. The van der Waals surface area contributed by atoms with Gasteiger partial charge in [0.15, 0.2) is 0 Å². The van der Waals surface area contributed by atoms with Crippen LogP contribution in [0.1, 0.15) is 33.4 Å². The lowest BCUT2D eigenvalue weighted by atomic mass is 10.1. The van der Waals surface area contributed by atoms with Crippen LogP contribution in [0.4, 0.5) is 5.95 Å². The number of aromatic nitrogens is 2. The minimum Gasteiger partial charge on any atom is -0.392 e. The third-order valence-electron chi connectivity index (χ3n) is 3.09. The Morgan fingerprint density at radius 3 is 2.62 bits per heavy atom. The molecule has 0 amide bonds. The maximum absolute atomic E-state index is 9.32. The Bertz CT molecular complexity index is 474. The van der Waals surface area contributed by atoms with E-state index in [2.05, 4.69) is 76.8 Å². The lowest BCUT2D eigenvalue weighted by molar-refractivity contribution is 0.208. The van der Waals surface area contributed by atoms with Gasteiger partial charge >= 0.3 is 0 Å². The van der Waals surface area contributed by atoms with Crippen LogP contribution in [-0.4, -0.2) is 49.6 Å². The second kappa shape index (κ2) is 8.53. The number of nitrogens with one attached hydrogen (secondary N) is 1. The van der Waals surface area contributed by atoms with E-state index in [0.29, 0.717) is 22.5 Å². The smallest absolute Gasteiger partial charge is 0.223 e. The first kappa shape index (κ1) is 18.2. The van der Waals surface area contributed by atoms with Gasteiger partial charge in [0.1, 0.15) is 0 Å². The zero-order valence-electron chi connectivity index (χ0n) is 13.3. The van der Waals surface area contributed by atoms with Gasteiger partial charge in [0, 0.05) is 41.5 Å². The SMILES string of the molecule is CC(I)/C(=C\N(C)C(C)C)c1ccnc(NC[C@H](C)O)n1. The molecule has 1 unspecified atom stereocenters. The van der Waals surface area contributed by atoms with E-state index >= 15 is 0 Å². The quantitative estimate of drug-likeness (QED) is 0.541. The maximum atomic E-state index is 9.32. The molecule has 5 nitrogen and oxygen atoms in total. The Morgan fingerprint density at radius 2 is 2.10 bits per heavy atom. The van der Waals surface area contributed by atoms with Crippen LogP contribution in [0.2, 0.25) is 0 Å². The zero-order chi connectivity index (χ0) is 16.0. The van der Waals surface area contributed by atoms with E-state index in [9.17, 15) is 5.11 Å². The first-order valence-electron chi connectivity index (χ1n) is 7.14. The van der Waals surface area contributed by atoms with E-state index in [4.69, 9.17) is 0 Å². The number of allylic oxidation sites excluding steroid dienone is 1. The lowest BCUT2D eigenvalue weighted by Gasteiger charge is -2.22. The second-order valence-electron chi connectivity index (χ2n) is 5.46. The van der Waals surface area contributed by atoms with Gasteiger partial charge in [-0.25, -0.2) is 9.97 Å². The van der Waals surface area contributed by atoms with E-state index in [0.717, 1.165) is 11.3 Å². The molecule has 0 aliphatic heterocycles. The summed E-state index contributed by atoms with van der Waals surface area (Å²) >= 11 is 2.39. The predicted molar refractivity (Wildman–Crippen MR) is 96.6 cm³/mol. The highest BCUT2D eigenvalue weighted by Gasteiger charge is 2.13. The summed E-state index contributed by atoms with van der Waals surface area (Å²) in [6, 6.07) is 2.35. The molecule has 0 fully saturated rings. The summed E-state index contributed by atoms with van der Waals surface area (Å²) in [7, 11) is 2.07. The number of alkyl halides is 1. The fourth-order valence-corrected chi connectivity index (χ4v) is 2.06. The molecular weight excluding hydrogens is 379 g/mol. The summed E-state index contributed by atoms with van der Waals surface area (Å²) in [5, 5.41) is 12.4. The molecule has 1 rings (SSSR count). The Morgan fingerprint density at radius 1 is 1.43 bits per heavy atom. The monoisotopic (exact) mass is 404 g/mol. The molecule has 0 aliphatic carbocycles. The van der Waals surface area contributed by atoms with Crippen molar-refractivity contribution >= 4 is 34.1 Å². The topological polar surface area (TPSA) is 61.3 Å². The van der Waals surface area contributed by atoms with Crippen molar-refractivity contribution in [3.63, 3.8) is 0 Å². The number of aliphatic hydroxyl groups excluding tert-OH is 1. The van der Waals surface area contributed by atoms with Crippen LogP contribution >= 0.6 is 22.6 Å². The Hall–Kier alpha value is -0.890. The third kappa shape index (κ3) is 6.17. The molecule has 1 aromatic heterocycles. The third-order valence-corrected chi connectivity index (χ3v) is 3.76. The van der Waals surface area contributed by atoms with Gasteiger partial charge in [-0.15, -0.1) is 0 Å². The molecule has 6 heteroatoms. The Labute approximate surface area is 141 Å². The second-order valence-corrected chi connectivity index (χ2v) is 7.32. The highest BCUT2D eigenvalue weighted by molar-refractivity contribution is 14.1. The highest BCUT2D eigenvalue weighted by Crippen LogP contribution is 2.24. The summed E-state index contributed by atoms with van der Waals surface area (Å²) in [4.78, 5) is 10.9. The number of hydrogen-bond donors (Lipinski definition) is 2. The molecule has 0 bridgehead atoms. The van der Waals surface area contributed by atoms with Gasteiger partial charge in [0.25, 0.3) is 0 Å². The van der Waals surface area contributed by atoms with E-state index in [1.54, 1.807) is 13.1 Å². The largest absolute Gasteiger partial charge is 0.392 e. The zero-order valence-corrected chi connectivity index (χ0v) is 15.5. The molecule has 0 radical (unpaired) electrons. The number of aliphatic hydroxyl groups is 1. The molecule has 21 heavy (non-hydrogen) atoms. The minimum atomic E-state index is -0.428. The summed E-state index contributed by atoms with van der Waals surface area (Å²) in [6.45, 7) is 8.62. The summed E-state index contributed by atoms with van der Waals surface area (Å²) in [6.07, 6.45) is 3.46. The van der Waals surface area contributed by atoms with Crippen molar-refractivity contribution < 1.29 is 5.11 Å². The molecule has 1 heterocycles. The van der Waals surface area contributed by atoms with Crippen molar-refractivity contribution in [2.24, 2.45) is 0 Å². The highest BCUT2D eigenvalue weighted by atomic mass is 127. The Balaban J connectivity index is 3.01. The van der Waals surface area contributed by atoms with Crippen molar-refractivity contribution in [1.29, 1.82) is 0 Å². The number of nitrogens with zero attached hydrogens (tertiary/aromatic N) is 3. The van der Waals surface area contributed by atoms with Crippen molar-refractivity contribution in [2.45, 2.75) is 43.8 Å². The van der Waals surface area contributed by atoms with E-state index < -0.39 is 6.10 Å². The van der Waals surface area contributed by atoms with Crippen LogP contribution in [0.5, 0.6) is 0 Å². The molecule has 2 N–H and O–H groups in total. The molecule has 1 aromatic rings. The van der Waals surface area contributed by atoms with Crippen LogP contribution in [0.15, 0.2) is 18.5 Å². The molecule has 0 aliphatic rings. The average Bonchev–Trinajstić information content (AvgIpc) is 2.42. The fourth-order valence-electron chi connectivity index (χ4n) is 1.58. The van der Waals surface area contributed by atoms with Crippen LogP contribution in [0.25, 0.3) is 5.57 Å². The summed E-state index contributed by atoms with van der Waals surface area (Å²) < 4.78 is 0.336. The molecular formula is C15H25IN4O. The number of rotatable bonds is 7. The average molecular weight is 404 g/mol. The van der Waals surface area contributed by atoms with Gasteiger partial charge in [-0.05, 0) is 33.8 Å². The first-order valence-corrected chi connectivity index (χ1v) is 8.39. The van der Waals surface area contributed by atoms with Crippen molar-refractivity contribution in [3.8, 4) is 0 Å². The first-order chi connectivity index (χ1) is 9.81. The van der Waals surface area contributed by atoms with Crippen LogP contribution in [0.3, 0.4) is 0 Å². The van der Waals surface area contributed by atoms with Gasteiger partial charge in [-0.2, -0.15) is 0 Å². The fraction of sp³-hybridized carbons (Fsp3) is 0.600. The Kier molecular flexibility index (Phi) is 7.37. The summed E-state index contributed by atoms with van der Waals surface area (Å²) in [5.41, 5.74) is 2.07. The molecule has 118 valence electrons. The molecule has 2 atom stereocenters. The maximum Gasteiger partial charge on any atom is 0.223 e.